The molecule has 1 atom stereocenters. The summed E-state index contributed by atoms with van der Waals surface area (Å²) < 4.78 is 14.0. The molecule has 1 unspecified atom stereocenters. The van der Waals surface area contributed by atoms with Crippen LogP contribution in [0.1, 0.15) is 26.2 Å². The molecule has 3 rings (SSSR count). The summed E-state index contributed by atoms with van der Waals surface area (Å²) in [6, 6.07) is 6.81. The minimum atomic E-state index is -0.226. The van der Waals surface area contributed by atoms with Crippen LogP contribution >= 0.6 is 0 Å². The number of rotatable bonds is 3. The van der Waals surface area contributed by atoms with E-state index in [0.29, 0.717) is 24.1 Å². The highest BCUT2D eigenvalue weighted by Gasteiger charge is 2.52. The molecule has 2 N–H and O–H groups in total. The molecule has 1 aliphatic carbocycles. The summed E-state index contributed by atoms with van der Waals surface area (Å²) in [5.41, 5.74) is 6.46. The lowest BCUT2D eigenvalue weighted by Crippen LogP contribution is -2.53. The first kappa shape index (κ1) is 11.5. The zero-order chi connectivity index (χ0) is 12.8. The van der Waals surface area contributed by atoms with Gasteiger partial charge in [0.2, 0.25) is 0 Å². The second kappa shape index (κ2) is 3.97. The summed E-state index contributed by atoms with van der Waals surface area (Å²) in [7, 11) is 0. The van der Waals surface area contributed by atoms with E-state index in [4.69, 9.17) is 5.73 Å². The SMILES string of the molecule is CCC1(C2CC2)CN=C(N)N1c1ccccc1F. The van der Waals surface area contributed by atoms with Crippen molar-refractivity contribution in [2.45, 2.75) is 31.7 Å². The monoisotopic (exact) mass is 247 g/mol. The standard InChI is InChI=1S/C14H18FN3/c1-2-14(10-7-8-10)9-17-13(16)18(14)12-6-4-3-5-11(12)15/h3-6,10H,2,7-9H2,1H3,(H2,16,17). The van der Waals surface area contributed by atoms with Crippen molar-refractivity contribution in [2.24, 2.45) is 16.6 Å². The number of nitrogens with two attached hydrogens (primary N) is 1. The smallest absolute Gasteiger partial charge is 0.196 e. The van der Waals surface area contributed by atoms with Gasteiger partial charge in [-0.2, -0.15) is 0 Å². The van der Waals surface area contributed by atoms with Crippen molar-refractivity contribution in [1.82, 2.24) is 0 Å². The first-order valence-electron chi connectivity index (χ1n) is 6.54. The fourth-order valence-electron chi connectivity index (χ4n) is 3.07. The van der Waals surface area contributed by atoms with Gasteiger partial charge < -0.3 is 10.6 Å². The highest BCUT2D eigenvalue weighted by atomic mass is 19.1. The van der Waals surface area contributed by atoms with Gasteiger partial charge in [-0.05, 0) is 37.3 Å². The van der Waals surface area contributed by atoms with Crippen molar-refractivity contribution in [1.29, 1.82) is 0 Å². The minimum Gasteiger partial charge on any atom is -0.369 e. The molecule has 18 heavy (non-hydrogen) atoms. The molecule has 0 spiro atoms. The highest BCUT2D eigenvalue weighted by Crippen LogP contribution is 2.48. The first-order valence-corrected chi connectivity index (χ1v) is 6.54. The van der Waals surface area contributed by atoms with E-state index in [1.165, 1.54) is 18.9 Å². The van der Waals surface area contributed by atoms with Crippen LogP contribution in [0.4, 0.5) is 10.1 Å². The molecule has 96 valence electrons. The predicted molar refractivity (Wildman–Crippen MR) is 71.1 cm³/mol. The van der Waals surface area contributed by atoms with Gasteiger partial charge in [0, 0.05) is 0 Å². The Hall–Kier alpha value is -1.58. The molecular formula is C14H18FN3. The maximum Gasteiger partial charge on any atom is 0.196 e. The zero-order valence-corrected chi connectivity index (χ0v) is 10.6. The van der Waals surface area contributed by atoms with Gasteiger partial charge in [-0.25, -0.2) is 4.39 Å². The summed E-state index contributed by atoms with van der Waals surface area (Å²) in [5, 5.41) is 0. The molecule has 1 aromatic carbocycles. The normalized spacial score (nSPS) is 27.4. The Balaban J connectivity index is 2.06. The van der Waals surface area contributed by atoms with Gasteiger partial charge >= 0.3 is 0 Å². The van der Waals surface area contributed by atoms with Crippen LogP contribution < -0.4 is 10.6 Å². The molecule has 1 aromatic rings. The van der Waals surface area contributed by atoms with E-state index in [2.05, 4.69) is 11.9 Å². The number of aliphatic imine (C=N–C) groups is 1. The molecule has 1 fully saturated rings. The Morgan fingerprint density at radius 1 is 1.44 bits per heavy atom. The summed E-state index contributed by atoms with van der Waals surface area (Å²) in [5.74, 6) is 0.816. The first-order chi connectivity index (χ1) is 8.69. The third-order valence-electron chi connectivity index (χ3n) is 4.23. The van der Waals surface area contributed by atoms with Gasteiger partial charge in [-0.1, -0.05) is 19.1 Å². The van der Waals surface area contributed by atoms with Gasteiger partial charge in [0.25, 0.3) is 0 Å². The van der Waals surface area contributed by atoms with Crippen LogP contribution in [0.5, 0.6) is 0 Å². The van der Waals surface area contributed by atoms with Crippen molar-refractivity contribution >= 4 is 11.6 Å². The Bertz CT molecular complexity index is 496. The number of guanidine groups is 1. The summed E-state index contributed by atoms with van der Waals surface area (Å²) >= 11 is 0. The van der Waals surface area contributed by atoms with Crippen LogP contribution in [0.3, 0.4) is 0 Å². The van der Waals surface area contributed by atoms with Gasteiger partial charge in [0.05, 0.1) is 17.8 Å². The van der Waals surface area contributed by atoms with E-state index in [0.717, 1.165) is 6.42 Å². The lowest BCUT2D eigenvalue weighted by atomic mass is 9.88. The summed E-state index contributed by atoms with van der Waals surface area (Å²) in [6.45, 7) is 2.83. The van der Waals surface area contributed by atoms with E-state index in [-0.39, 0.29) is 11.4 Å². The van der Waals surface area contributed by atoms with E-state index < -0.39 is 0 Å². The van der Waals surface area contributed by atoms with Crippen LogP contribution in [0.2, 0.25) is 0 Å². The fraction of sp³-hybridized carbons (Fsp3) is 0.500. The number of hydrogen-bond donors (Lipinski definition) is 1. The maximum atomic E-state index is 14.0. The van der Waals surface area contributed by atoms with Crippen molar-refractivity contribution in [3.8, 4) is 0 Å². The molecular weight excluding hydrogens is 229 g/mol. The van der Waals surface area contributed by atoms with Crippen LogP contribution in [0.25, 0.3) is 0 Å². The molecule has 4 heteroatoms. The number of anilines is 1. The molecule has 1 heterocycles. The number of halogens is 1. The Morgan fingerprint density at radius 2 is 2.17 bits per heavy atom. The fourth-order valence-corrected chi connectivity index (χ4v) is 3.07. The van der Waals surface area contributed by atoms with E-state index in [1.54, 1.807) is 12.1 Å². The van der Waals surface area contributed by atoms with Gasteiger partial charge in [-0.3, -0.25) is 4.99 Å². The van der Waals surface area contributed by atoms with Crippen LogP contribution in [0, 0.1) is 11.7 Å². The molecule has 1 aliphatic heterocycles. The zero-order valence-electron chi connectivity index (χ0n) is 10.6. The maximum absolute atomic E-state index is 14.0. The van der Waals surface area contributed by atoms with E-state index >= 15 is 0 Å². The van der Waals surface area contributed by atoms with Gasteiger partial charge in [0.1, 0.15) is 5.82 Å². The predicted octanol–water partition coefficient (Wildman–Crippen LogP) is 2.52. The van der Waals surface area contributed by atoms with E-state index in [9.17, 15) is 4.39 Å². The topological polar surface area (TPSA) is 41.6 Å². The number of hydrogen-bond acceptors (Lipinski definition) is 3. The van der Waals surface area contributed by atoms with Gasteiger partial charge in [-0.15, -0.1) is 0 Å². The number of benzene rings is 1. The molecule has 1 saturated carbocycles. The summed E-state index contributed by atoms with van der Waals surface area (Å²) in [4.78, 5) is 6.30. The lowest BCUT2D eigenvalue weighted by Gasteiger charge is -2.39. The number of nitrogens with zero attached hydrogens (tertiary/aromatic N) is 2. The van der Waals surface area contributed by atoms with Crippen molar-refractivity contribution < 1.29 is 4.39 Å². The van der Waals surface area contributed by atoms with Crippen LogP contribution in [0.15, 0.2) is 29.3 Å². The second-order valence-electron chi connectivity index (χ2n) is 5.19. The Labute approximate surface area is 106 Å². The van der Waals surface area contributed by atoms with E-state index in [1.807, 2.05) is 11.0 Å². The Morgan fingerprint density at radius 3 is 2.78 bits per heavy atom. The average Bonchev–Trinajstić information content (AvgIpc) is 3.16. The molecule has 0 radical (unpaired) electrons. The largest absolute Gasteiger partial charge is 0.369 e. The molecule has 0 saturated heterocycles. The van der Waals surface area contributed by atoms with Crippen molar-refractivity contribution in [2.75, 3.05) is 11.4 Å². The van der Waals surface area contributed by atoms with Crippen LogP contribution in [-0.4, -0.2) is 18.0 Å². The molecule has 2 aliphatic rings. The second-order valence-corrected chi connectivity index (χ2v) is 5.19. The molecule has 0 bridgehead atoms. The quantitative estimate of drug-likeness (QED) is 0.891. The van der Waals surface area contributed by atoms with Crippen LogP contribution in [-0.2, 0) is 0 Å². The number of para-hydroxylation sites is 1. The average molecular weight is 247 g/mol. The molecule has 0 amide bonds. The lowest BCUT2D eigenvalue weighted by molar-refractivity contribution is 0.383. The van der Waals surface area contributed by atoms with Gasteiger partial charge in [0.15, 0.2) is 5.96 Å². The van der Waals surface area contributed by atoms with Crippen molar-refractivity contribution in [3.63, 3.8) is 0 Å². The van der Waals surface area contributed by atoms with Crippen molar-refractivity contribution in [3.05, 3.63) is 30.1 Å². The third kappa shape index (κ3) is 1.51. The molecule has 3 nitrogen and oxygen atoms in total. The minimum absolute atomic E-state index is 0.105. The third-order valence-corrected chi connectivity index (χ3v) is 4.23. The highest BCUT2D eigenvalue weighted by molar-refractivity contribution is 5.98. The molecule has 0 aromatic heterocycles. The Kier molecular flexibility index (Phi) is 2.54. The summed E-state index contributed by atoms with van der Waals surface area (Å²) in [6.07, 6.45) is 3.33.